The molecule has 1 amide bonds. The van der Waals surface area contributed by atoms with E-state index in [1.165, 1.54) is 12.1 Å². The van der Waals surface area contributed by atoms with Crippen LogP contribution in [0.1, 0.15) is 24.8 Å². The number of nitrogens with one attached hydrogen (secondary N) is 1. The lowest BCUT2D eigenvalue weighted by Gasteiger charge is -2.32. The van der Waals surface area contributed by atoms with Gasteiger partial charge < -0.3 is 10.2 Å². The first-order chi connectivity index (χ1) is 10.1. The number of hydrogen-bond donors (Lipinski definition) is 1. The number of carbonyl (C=O) groups is 1. The van der Waals surface area contributed by atoms with Gasteiger partial charge in [0.15, 0.2) is 11.6 Å². The molecule has 0 atom stereocenters. The minimum absolute atomic E-state index is 0.0647. The lowest BCUT2D eigenvalue weighted by molar-refractivity contribution is -0.131. The largest absolute Gasteiger partial charge is 0.342 e. The molecule has 0 radical (unpaired) electrons. The topological polar surface area (TPSA) is 32.3 Å². The molecule has 0 aromatic heterocycles. The van der Waals surface area contributed by atoms with E-state index in [2.05, 4.69) is 5.32 Å². The SMILES string of the molecule is CNCCC1CCN(C(=O)Cc2cccc(F)c2F)CC1. The average Bonchev–Trinajstić information content (AvgIpc) is 2.50. The van der Waals surface area contributed by atoms with E-state index in [0.717, 1.165) is 31.9 Å². The van der Waals surface area contributed by atoms with E-state index >= 15 is 0 Å². The summed E-state index contributed by atoms with van der Waals surface area (Å²) in [7, 11) is 1.94. The lowest BCUT2D eigenvalue weighted by atomic mass is 9.93. The molecule has 3 nitrogen and oxygen atoms in total. The fourth-order valence-corrected chi connectivity index (χ4v) is 2.78. The van der Waals surface area contributed by atoms with Crippen LogP contribution in [0.4, 0.5) is 8.78 Å². The second kappa shape index (κ2) is 7.50. The van der Waals surface area contributed by atoms with Crippen molar-refractivity contribution in [3.05, 3.63) is 35.4 Å². The highest BCUT2D eigenvalue weighted by atomic mass is 19.2. The van der Waals surface area contributed by atoms with Crippen LogP contribution >= 0.6 is 0 Å². The Labute approximate surface area is 124 Å². The van der Waals surface area contributed by atoms with Crippen LogP contribution in [0.2, 0.25) is 0 Å². The van der Waals surface area contributed by atoms with Gasteiger partial charge in [0.2, 0.25) is 5.91 Å². The Hall–Kier alpha value is -1.49. The van der Waals surface area contributed by atoms with E-state index in [1.54, 1.807) is 4.90 Å². The number of piperidine rings is 1. The van der Waals surface area contributed by atoms with Gasteiger partial charge in [-0.3, -0.25) is 4.79 Å². The summed E-state index contributed by atoms with van der Waals surface area (Å²) >= 11 is 0. The average molecular weight is 296 g/mol. The molecule has 1 fully saturated rings. The van der Waals surface area contributed by atoms with E-state index in [1.807, 2.05) is 7.05 Å². The van der Waals surface area contributed by atoms with E-state index in [9.17, 15) is 13.6 Å². The smallest absolute Gasteiger partial charge is 0.227 e. The van der Waals surface area contributed by atoms with Crippen LogP contribution in [0, 0.1) is 17.6 Å². The lowest BCUT2D eigenvalue weighted by Crippen LogP contribution is -2.39. The highest BCUT2D eigenvalue weighted by Gasteiger charge is 2.23. The van der Waals surface area contributed by atoms with Crippen molar-refractivity contribution in [2.24, 2.45) is 5.92 Å². The van der Waals surface area contributed by atoms with Crippen molar-refractivity contribution in [2.75, 3.05) is 26.7 Å². The molecule has 116 valence electrons. The molecule has 1 aliphatic heterocycles. The Bertz CT molecular complexity index is 485. The Morgan fingerprint density at radius 1 is 1.33 bits per heavy atom. The summed E-state index contributed by atoms with van der Waals surface area (Å²) in [6, 6.07) is 3.97. The van der Waals surface area contributed by atoms with Gasteiger partial charge in [0.1, 0.15) is 0 Å². The molecule has 21 heavy (non-hydrogen) atoms. The summed E-state index contributed by atoms with van der Waals surface area (Å²) in [6.45, 7) is 2.42. The number of benzene rings is 1. The fourth-order valence-electron chi connectivity index (χ4n) is 2.78. The molecule has 1 heterocycles. The third-order valence-electron chi connectivity index (χ3n) is 4.14. The zero-order chi connectivity index (χ0) is 15.2. The number of carbonyl (C=O) groups excluding carboxylic acids is 1. The number of halogens is 2. The molecule has 1 aromatic rings. The summed E-state index contributed by atoms with van der Waals surface area (Å²) in [6.07, 6.45) is 3.03. The van der Waals surface area contributed by atoms with Gasteiger partial charge in [0, 0.05) is 18.7 Å². The van der Waals surface area contributed by atoms with Crippen LogP contribution < -0.4 is 5.32 Å². The van der Waals surface area contributed by atoms with Gasteiger partial charge >= 0.3 is 0 Å². The Morgan fingerprint density at radius 3 is 2.71 bits per heavy atom. The van der Waals surface area contributed by atoms with Gasteiger partial charge in [-0.1, -0.05) is 12.1 Å². The second-order valence-corrected chi connectivity index (χ2v) is 5.61. The Balaban J connectivity index is 1.86. The van der Waals surface area contributed by atoms with Crippen LogP contribution in [0.25, 0.3) is 0 Å². The van der Waals surface area contributed by atoms with Crippen LogP contribution in [-0.2, 0) is 11.2 Å². The molecule has 0 unspecified atom stereocenters. The van der Waals surface area contributed by atoms with Gasteiger partial charge in [0.25, 0.3) is 0 Å². The number of hydrogen-bond acceptors (Lipinski definition) is 2. The van der Waals surface area contributed by atoms with Crippen molar-refractivity contribution in [1.82, 2.24) is 10.2 Å². The van der Waals surface area contributed by atoms with Crippen molar-refractivity contribution in [3.8, 4) is 0 Å². The minimum Gasteiger partial charge on any atom is -0.342 e. The summed E-state index contributed by atoms with van der Waals surface area (Å²) in [4.78, 5) is 13.9. The minimum atomic E-state index is -0.908. The first kappa shape index (κ1) is 15.9. The van der Waals surface area contributed by atoms with Crippen LogP contribution in [0.5, 0.6) is 0 Å². The quantitative estimate of drug-likeness (QED) is 0.904. The zero-order valence-electron chi connectivity index (χ0n) is 12.4. The van der Waals surface area contributed by atoms with Crippen LogP contribution in [0.3, 0.4) is 0 Å². The summed E-state index contributed by atoms with van der Waals surface area (Å²) in [5.74, 6) is -1.28. The molecule has 0 saturated carbocycles. The van der Waals surface area contributed by atoms with Crippen molar-refractivity contribution < 1.29 is 13.6 Å². The third kappa shape index (κ3) is 4.24. The molecule has 0 spiro atoms. The molecule has 5 heteroatoms. The van der Waals surface area contributed by atoms with Gasteiger partial charge in [-0.2, -0.15) is 0 Å². The molecule has 1 N–H and O–H groups in total. The van der Waals surface area contributed by atoms with Gasteiger partial charge in [-0.05, 0) is 44.8 Å². The molecule has 2 rings (SSSR count). The molecular formula is C16H22F2N2O. The monoisotopic (exact) mass is 296 g/mol. The van der Waals surface area contributed by atoms with Crippen molar-refractivity contribution in [1.29, 1.82) is 0 Å². The van der Waals surface area contributed by atoms with E-state index < -0.39 is 11.6 Å². The van der Waals surface area contributed by atoms with Crippen molar-refractivity contribution in [2.45, 2.75) is 25.7 Å². The van der Waals surface area contributed by atoms with Crippen LogP contribution in [-0.4, -0.2) is 37.5 Å². The third-order valence-corrected chi connectivity index (χ3v) is 4.14. The maximum Gasteiger partial charge on any atom is 0.227 e. The summed E-state index contributed by atoms with van der Waals surface area (Å²) in [5.41, 5.74) is 0.136. The number of rotatable bonds is 5. The predicted octanol–water partition coefficient (Wildman–Crippen LogP) is 2.36. The fraction of sp³-hybridized carbons (Fsp3) is 0.562. The number of likely N-dealkylation sites (tertiary alicyclic amines) is 1. The number of nitrogens with zero attached hydrogens (tertiary/aromatic N) is 1. The Kier molecular flexibility index (Phi) is 5.67. The van der Waals surface area contributed by atoms with Crippen molar-refractivity contribution >= 4 is 5.91 Å². The molecule has 0 aliphatic carbocycles. The van der Waals surface area contributed by atoms with E-state index in [0.29, 0.717) is 19.0 Å². The first-order valence-electron chi connectivity index (χ1n) is 7.47. The maximum absolute atomic E-state index is 13.6. The zero-order valence-corrected chi connectivity index (χ0v) is 12.4. The molecule has 1 saturated heterocycles. The van der Waals surface area contributed by atoms with Crippen LogP contribution in [0.15, 0.2) is 18.2 Å². The molecule has 0 bridgehead atoms. The highest BCUT2D eigenvalue weighted by Crippen LogP contribution is 2.21. The Morgan fingerprint density at radius 2 is 2.05 bits per heavy atom. The predicted molar refractivity (Wildman–Crippen MR) is 77.9 cm³/mol. The normalized spacial score (nSPS) is 16.2. The molecular weight excluding hydrogens is 274 g/mol. The first-order valence-corrected chi connectivity index (χ1v) is 7.47. The van der Waals surface area contributed by atoms with Gasteiger partial charge in [-0.25, -0.2) is 8.78 Å². The molecule has 1 aromatic carbocycles. The van der Waals surface area contributed by atoms with E-state index in [4.69, 9.17) is 0 Å². The molecule has 1 aliphatic rings. The van der Waals surface area contributed by atoms with E-state index in [-0.39, 0.29) is 17.9 Å². The number of amides is 1. The highest BCUT2D eigenvalue weighted by molar-refractivity contribution is 5.78. The maximum atomic E-state index is 13.6. The van der Waals surface area contributed by atoms with Crippen molar-refractivity contribution in [3.63, 3.8) is 0 Å². The summed E-state index contributed by atoms with van der Waals surface area (Å²) < 4.78 is 26.7. The van der Waals surface area contributed by atoms with Gasteiger partial charge in [-0.15, -0.1) is 0 Å². The second-order valence-electron chi connectivity index (χ2n) is 5.61. The standard InChI is InChI=1S/C16H22F2N2O/c1-19-8-5-12-6-9-20(10-7-12)15(21)11-13-3-2-4-14(17)16(13)18/h2-4,12,19H,5-11H2,1H3. The summed E-state index contributed by atoms with van der Waals surface area (Å²) in [5, 5.41) is 3.14. The van der Waals surface area contributed by atoms with Gasteiger partial charge in [0.05, 0.1) is 6.42 Å².